The van der Waals surface area contributed by atoms with Crippen LogP contribution in [0, 0.1) is 0 Å². The Bertz CT molecular complexity index is 1000. The number of rotatable bonds is 7. The number of halogens is 2. The van der Waals surface area contributed by atoms with E-state index in [4.69, 9.17) is 28.3 Å². The number of carboxylic acid groups (broad SMARTS) is 1. The Kier molecular flexibility index (Phi) is 6.34. The van der Waals surface area contributed by atoms with Gasteiger partial charge >= 0.3 is 5.97 Å². The highest BCUT2D eigenvalue weighted by Crippen LogP contribution is 2.29. The van der Waals surface area contributed by atoms with E-state index in [1.54, 1.807) is 28.9 Å². The number of carbonyl (C=O) groups excluding carboxylic acids is 1. The van der Waals surface area contributed by atoms with Gasteiger partial charge in [-0.3, -0.25) is 9.59 Å². The van der Waals surface area contributed by atoms with Gasteiger partial charge in [0.15, 0.2) is 0 Å². The molecule has 0 aliphatic heterocycles. The number of amides is 1. The monoisotopic (exact) mass is 417 g/mol. The molecule has 0 spiro atoms. The summed E-state index contributed by atoms with van der Waals surface area (Å²) in [7, 11) is 0. The van der Waals surface area contributed by atoms with Crippen molar-refractivity contribution in [2.45, 2.75) is 19.3 Å². The van der Waals surface area contributed by atoms with E-state index < -0.39 is 5.97 Å². The Labute approximate surface area is 171 Å². The van der Waals surface area contributed by atoms with Crippen LogP contribution in [0.5, 0.6) is 0 Å². The minimum Gasteiger partial charge on any atom is -0.481 e. The van der Waals surface area contributed by atoms with E-state index in [-0.39, 0.29) is 25.2 Å². The predicted molar refractivity (Wildman–Crippen MR) is 109 cm³/mol. The van der Waals surface area contributed by atoms with Crippen LogP contribution in [-0.4, -0.2) is 26.8 Å². The number of aromatic nitrogens is 2. The lowest BCUT2D eigenvalue weighted by Crippen LogP contribution is -2.15. The summed E-state index contributed by atoms with van der Waals surface area (Å²) in [6.07, 6.45) is 0.294. The van der Waals surface area contributed by atoms with Gasteiger partial charge in [0.2, 0.25) is 5.91 Å². The summed E-state index contributed by atoms with van der Waals surface area (Å²) >= 11 is 12.1. The maximum atomic E-state index is 12.3. The van der Waals surface area contributed by atoms with E-state index in [0.717, 1.165) is 5.56 Å². The zero-order chi connectivity index (χ0) is 20.1. The Morgan fingerprint density at radius 1 is 1.00 bits per heavy atom. The summed E-state index contributed by atoms with van der Waals surface area (Å²) in [4.78, 5) is 22.9. The van der Waals surface area contributed by atoms with Gasteiger partial charge in [-0.25, -0.2) is 4.68 Å². The molecule has 0 saturated heterocycles. The maximum absolute atomic E-state index is 12.3. The van der Waals surface area contributed by atoms with Gasteiger partial charge in [-0.05, 0) is 24.6 Å². The Morgan fingerprint density at radius 3 is 2.43 bits per heavy atom. The summed E-state index contributed by atoms with van der Waals surface area (Å²) in [6, 6.07) is 16.4. The molecular weight excluding hydrogens is 401 g/mol. The molecule has 0 aliphatic carbocycles. The van der Waals surface area contributed by atoms with Crippen molar-refractivity contribution in [3.8, 4) is 16.9 Å². The summed E-state index contributed by atoms with van der Waals surface area (Å²) in [5.74, 6) is -0.764. The molecule has 3 aromatic rings. The molecule has 1 aromatic heterocycles. The molecule has 8 heteroatoms. The average molecular weight is 418 g/mol. The van der Waals surface area contributed by atoms with E-state index in [9.17, 15) is 9.59 Å². The van der Waals surface area contributed by atoms with Crippen molar-refractivity contribution in [2.75, 3.05) is 5.32 Å². The highest BCUT2D eigenvalue weighted by atomic mass is 35.5. The van der Waals surface area contributed by atoms with Gasteiger partial charge in [0.1, 0.15) is 5.82 Å². The minimum absolute atomic E-state index is 0.0608. The first kappa shape index (κ1) is 19.9. The zero-order valence-electron chi connectivity index (χ0n) is 14.7. The fraction of sp³-hybridized carbons (Fsp3) is 0.150. The molecule has 3 rings (SSSR count). The number of carboxylic acids is 1. The Hall–Kier alpha value is -2.83. The first-order valence-electron chi connectivity index (χ1n) is 8.56. The third kappa shape index (κ3) is 4.91. The molecular formula is C20H17Cl2N3O3. The molecule has 0 saturated carbocycles. The second-order valence-electron chi connectivity index (χ2n) is 6.09. The van der Waals surface area contributed by atoms with Gasteiger partial charge in [-0.2, -0.15) is 5.10 Å². The minimum atomic E-state index is -0.931. The highest BCUT2D eigenvalue weighted by molar-refractivity contribution is 6.42. The number of hydrogen-bond acceptors (Lipinski definition) is 3. The normalized spacial score (nSPS) is 10.6. The number of nitrogens with one attached hydrogen (secondary N) is 1. The molecule has 0 unspecified atom stereocenters. The Morgan fingerprint density at radius 2 is 1.75 bits per heavy atom. The number of carbonyl (C=O) groups is 2. The van der Waals surface area contributed by atoms with Crippen molar-refractivity contribution in [1.29, 1.82) is 0 Å². The van der Waals surface area contributed by atoms with Crippen LogP contribution in [0.4, 0.5) is 5.82 Å². The van der Waals surface area contributed by atoms with Gasteiger partial charge in [0, 0.05) is 24.5 Å². The van der Waals surface area contributed by atoms with Crippen molar-refractivity contribution < 1.29 is 14.7 Å². The van der Waals surface area contributed by atoms with Crippen LogP contribution in [0.25, 0.3) is 16.9 Å². The number of nitrogens with zero attached hydrogens (tertiary/aromatic N) is 2. The second-order valence-corrected chi connectivity index (χ2v) is 6.90. The van der Waals surface area contributed by atoms with Gasteiger partial charge < -0.3 is 10.4 Å². The number of anilines is 1. The number of benzene rings is 2. The fourth-order valence-corrected chi connectivity index (χ4v) is 2.93. The highest BCUT2D eigenvalue weighted by Gasteiger charge is 2.15. The Balaban J connectivity index is 1.92. The first-order chi connectivity index (χ1) is 13.4. The van der Waals surface area contributed by atoms with Crippen LogP contribution >= 0.6 is 23.2 Å². The third-order valence-electron chi connectivity index (χ3n) is 3.99. The lowest BCUT2D eigenvalue weighted by molar-refractivity contribution is -0.137. The van der Waals surface area contributed by atoms with E-state index in [1.807, 2.05) is 30.3 Å². The second kappa shape index (κ2) is 8.91. The van der Waals surface area contributed by atoms with Gasteiger partial charge in [-0.1, -0.05) is 53.5 Å². The van der Waals surface area contributed by atoms with E-state index in [2.05, 4.69) is 10.4 Å². The van der Waals surface area contributed by atoms with Gasteiger partial charge in [0.05, 0.1) is 21.4 Å². The predicted octanol–water partition coefficient (Wildman–Crippen LogP) is 5.04. The van der Waals surface area contributed by atoms with Crippen molar-refractivity contribution in [3.05, 3.63) is 64.6 Å². The molecule has 6 nitrogen and oxygen atoms in total. The molecule has 2 aromatic carbocycles. The van der Waals surface area contributed by atoms with Crippen molar-refractivity contribution in [2.24, 2.45) is 0 Å². The molecule has 0 atom stereocenters. The lowest BCUT2D eigenvalue weighted by atomic mass is 10.1. The van der Waals surface area contributed by atoms with Crippen LogP contribution in [0.3, 0.4) is 0 Å². The summed E-state index contributed by atoms with van der Waals surface area (Å²) < 4.78 is 1.57. The van der Waals surface area contributed by atoms with Gasteiger partial charge in [-0.15, -0.1) is 0 Å². The van der Waals surface area contributed by atoms with Crippen LogP contribution in [0.2, 0.25) is 10.0 Å². The third-order valence-corrected chi connectivity index (χ3v) is 4.73. The summed E-state index contributed by atoms with van der Waals surface area (Å²) in [6.45, 7) is 0. The summed E-state index contributed by atoms with van der Waals surface area (Å²) in [5.41, 5.74) is 2.20. The SMILES string of the molecule is O=C(O)CCCC(=O)Nc1cc(-c2ccccc2)nn1-c1ccc(Cl)c(Cl)c1. The molecule has 0 radical (unpaired) electrons. The molecule has 0 bridgehead atoms. The molecule has 0 aliphatic rings. The van der Waals surface area contributed by atoms with E-state index in [0.29, 0.717) is 27.2 Å². The zero-order valence-corrected chi connectivity index (χ0v) is 16.2. The molecule has 1 heterocycles. The quantitative estimate of drug-likeness (QED) is 0.563. The molecule has 28 heavy (non-hydrogen) atoms. The molecule has 1 amide bonds. The molecule has 0 fully saturated rings. The van der Waals surface area contributed by atoms with Crippen LogP contribution in [0.1, 0.15) is 19.3 Å². The topological polar surface area (TPSA) is 84.2 Å². The van der Waals surface area contributed by atoms with E-state index in [1.165, 1.54) is 0 Å². The molecule has 144 valence electrons. The van der Waals surface area contributed by atoms with Crippen molar-refractivity contribution in [1.82, 2.24) is 9.78 Å². The number of hydrogen-bond donors (Lipinski definition) is 2. The fourth-order valence-electron chi connectivity index (χ4n) is 2.64. The van der Waals surface area contributed by atoms with Gasteiger partial charge in [0.25, 0.3) is 0 Å². The largest absolute Gasteiger partial charge is 0.481 e. The van der Waals surface area contributed by atoms with Crippen molar-refractivity contribution in [3.63, 3.8) is 0 Å². The maximum Gasteiger partial charge on any atom is 0.303 e. The smallest absolute Gasteiger partial charge is 0.303 e. The van der Waals surface area contributed by atoms with Crippen LogP contribution in [0.15, 0.2) is 54.6 Å². The van der Waals surface area contributed by atoms with E-state index >= 15 is 0 Å². The molecule has 2 N–H and O–H groups in total. The average Bonchev–Trinajstić information content (AvgIpc) is 3.08. The van der Waals surface area contributed by atoms with Crippen LogP contribution in [-0.2, 0) is 9.59 Å². The standard InChI is InChI=1S/C20H17Cl2N3O3/c21-15-10-9-14(11-16(15)22)25-18(23-19(26)7-4-8-20(27)28)12-17(24-25)13-5-2-1-3-6-13/h1-3,5-6,9-12H,4,7-8H2,(H,23,26)(H,27,28). The van der Waals surface area contributed by atoms with Crippen molar-refractivity contribution >= 4 is 40.9 Å². The lowest BCUT2D eigenvalue weighted by Gasteiger charge is -2.09. The van der Waals surface area contributed by atoms with Crippen LogP contribution < -0.4 is 5.32 Å². The first-order valence-corrected chi connectivity index (χ1v) is 9.32. The number of aliphatic carboxylic acids is 1. The summed E-state index contributed by atoms with van der Waals surface area (Å²) in [5, 5.41) is 16.9.